The van der Waals surface area contributed by atoms with Crippen LogP contribution in [0.3, 0.4) is 0 Å². The summed E-state index contributed by atoms with van der Waals surface area (Å²) in [5.41, 5.74) is 3.58. The number of thioether (sulfide) groups is 2. The van der Waals surface area contributed by atoms with E-state index >= 15 is 0 Å². The molecule has 0 radical (unpaired) electrons. The van der Waals surface area contributed by atoms with Gasteiger partial charge in [-0.05, 0) is 42.7 Å². The van der Waals surface area contributed by atoms with Crippen LogP contribution < -0.4 is 0 Å². The molecule has 0 aliphatic heterocycles. The Bertz CT molecular complexity index is 639. The second-order valence-electron chi connectivity index (χ2n) is 4.59. The van der Waals surface area contributed by atoms with Crippen molar-refractivity contribution >= 4 is 40.6 Å². The van der Waals surface area contributed by atoms with E-state index in [4.69, 9.17) is 0 Å². The topological polar surface area (TPSA) is 42.9 Å². The molecule has 0 atom stereocenters. The van der Waals surface area contributed by atoms with Gasteiger partial charge in [0.1, 0.15) is 0 Å². The summed E-state index contributed by atoms with van der Waals surface area (Å²) in [6.45, 7) is 0. The first-order valence-electron chi connectivity index (χ1n) is 6.41. The third kappa shape index (κ3) is 3.07. The third-order valence-electron chi connectivity index (χ3n) is 3.31. The molecule has 0 saturated carbocycles. The molecule has 1 heterocycles. The fourth-order valence-corrected chi connectivity index (χ4v) is 4.63. The van der Waals surface area contributed by atoms with Crippen LogP contribution in [0.25, 0.3) is 0 Å². The van der Waals surface area contributed by atoms with Gasteiger partial charge in [0.2, 0.25) is 0 Å². The summed E-state index contributed by atoms with van der Waals surface area (Å²) < 4.78 is 1.81. The lowest BCUT2D eigenvalue weighted by Gasteiger charge is -2.03. The number of hydrogen-bond acceptors (Lipinski definition) is 6. The fourth-order valence-electron chi connectivity index (χ4n) is 2.29. The maximum absolute atomic E-state index is 12.2. The van der Waals surface area contributed by atoms with Crippen molar-refractivity contribution in [2.45, 2.75) is 27.9 Å². The van der Waals surface area contributed by atoms with Crippen molar-refractivity contribution in [3.8, 4) is 0 Å². The third-order valence-corrected chi connectivity index (χ3v) is 6.34. The van der Waals surface area contributed by atoms with Crippen molar-refractivity contribution in [2.24, 2.45) is 0 Å². The number of aryl methyl sites for hydroxylation is 2. The number of carbonyl (C=O) groups excluding carboxylic acids is 1. The van der Waals surface area contributed by atoms with Gasteiger partial charge in [-0.1, -0.05) is 47.0 Å². The van der Waals surface area contributed by atoms with E-state index in [1.165, 1.54) is 29.3 Å². The van der Waals surface area contributed by atoms with Crippen LogP contribution in [0.15, 0.2) is 26.9 Å². The molecule has 0 fully saturated rings. The Morgan fingerprint density at radius 2 is 2.05 bits per heavy atom. The van der Waals surface area contributed by atoms with Crippen LogP contribution in [-0.4, -0.2) is 28.0 Å². The second-order valence-corrected chi connectivity index (χ2v) is 7.84. The van der Waals surface area contributed by atoms with Crippen molar-refractivity contribution in [3.63, 3.8) is 0 Å². The monoisotopic (exact) mass is 322 g/mol. The smallest absolute Gasteiger partial charge is 0.175 e. The van der Waals surface area contributed by atoms with Gasteiger partial charge < -0.3 is 0 Å². The Hall–Kier alpha value is -0.850. The molecule has 0 spiro atoms. The molecular formula is C14H14N2OS3. The summed E-state index contributed by atoms with van der Waals surface area (Å²) in [5.74, 6) is 0.604. The zero-order chi connectivity index (χ0) is 13.9. The molecule has 1 aromatic heterocycles. The summed E-state index contributed by atoms with van der Waals surface area (Å²) in [5, 5.41) is 8.10. The molecule has 1 aliphatic carbocycles. The average molecular weight is 322 g/mol. The molecule has 20 heavy (non-hydrogen) atoms. The minimum absolute atomic E-state index is 0.172. The Kier molecular flexibility index (Phi) is 4.43. The van der Waals surface area contributed by atoms with Gasteiger partial charge in [-0.3, -0.25) is 4.79 Å². The first kappa shape index (κ1) is 14.1. The van der Waals surface area contributed by atoms with E-state index in [1.807, 2.05) is 12.3 Å². The van der Waals surface area contributed by atoms with Gasteiger partial charge in [0.25, 0.3) is 0 Å². The standard InChI is InChI=1S/C14H14N2OS3/c1-18-13-15-16-14(20-13)19-8-12(17)11-6-5-9-3-2-4-10(9)7-11/h5-7H,2-4,8H2,1H3. The van der Waals surface area contributed by atoms with Crippen molar-refractivity contribution in [1.29, 1.82) is 0 Å². The number of benzene rings is 1. The predicted molar refractivity (Wildman–Crippen MR) is 85.2 cm³/mol. The SMILES string of the molecule is CSc1nnc(SCC(=O)c2ccc3c(c2)CCC3)s1. The number of carbonyl (C=O) groups is 1. The second kappa shape index (κ2) is 6.28. The van der Waals surface area contributed by atoms with Gasteiger partial charge in [0.15, 0.2) is 14.5 Å². The van der Waals surface area contributed by atoms with Crippen LogP contribution in [0.2, 0.25) is 0 Å². The van der Waals surface area contributed by atoms with E-state index in [9.17, 15) is 4.79 Å². The maximum atomic E-state index is 12.2. The Balaban J connectivity index is 1.64. The van der Waals surface area contributed by atoms with E-state index in [-0.39, 0.29) is 5.78 Å². The van der Waals surface area contributed by atoms with Crippen LogP contribution in [0.5, 0.6) is 0 Å². The van der Waals surface area contributed by atoms with Gasteiger partial charge in [-0.2, -0.15) is 0 Å². The van der Waals surface area contributed by atoms with E-state index in [1.54, 1.807) is 23.1 Å². The highest BCUT2D eigenvalue weighted by Crippen LogP contribution is 2.28. The number of fused-ring (bicyclic) bond motifs is 1. The quantitative estimate of drug-likeness (QED) is 0.620. The van der Waals surface area contributed by atoms with E-state index in [0.29, 0.717) is 5.75 Å². The molecule has 3 rings (SSSR count). The highest BCUT2D eigenvalue weighted by atomic mass is 32.2. The first-order chi connectivity index (χ1) is 9.76. The lowest BCUT2D eigenvalue weighted by molar-refractivity contribution is 0.102. The van der Waals surface area contributed by atoms with Gasteiger partial charge in [0, 0.05) is 5.56 Å². The minimum Gasteiger partial charge on any atom is -0.293 e. The number of nitrogens with zero attached hydrogens (tertiary/aromatic N) is 2. The summed E-state index contributed by atoms with van der Waals surface area (Å²) in [7, 11) is 0. The number of ketones is 1. The van der Waals surface area contributed by atoms with Crippen LogP contribution in [-0.2, 0) is 12.8 Å². The minimum atomic E-state index is 0.172. The Morgan fingerprint density at radius 3 is 2.85 bits per heavy atom. The molecular weight excluding hydrogens is 308 g/mol. The Morgan fingerprint density at radius 1 is 1.25 bits per heavy atom. The van der Waals surface area contributed by atoms with Gasteiger partial charge in [-0.15, -0.1) is 10.2 Å². The number of rotatable bonds is 5. The number of Topliss-reactive ketones (excluding diaryl/α,β-unsaturated/α-hetero) is 1. The lowest BCUT2D eigenvalue weighted by Crippen LogP contribution is -2.03. The van der Waals surface area contributed by atoms with Gasteiger partial charge >= 0.3 is 0 Å². The van der Waals surface area contributed by atoms with Crippen LogP contribution in [0, 0.1) is 0 Å². The van der Waals surface area contributed by atoms with Crippen LogP contribution in [0.4, 0.5) is 0 Å². The molecule has 1 aliphatic rings. The molecule has 0 unspecified atom stereocenters. The fraction of sp³-hybridized carbons (Fsp3) is 0.357. The van der Waals surface area contributed by atoms with Crippen molar-refractivity contribution < 1.29 is 4.79 Å². The molecule has 3 nitrogen and oxygen atoms in total. The molecule has 0 saturated heterocycles. The van der Waals surface area contributed by atoms with E-state index < -0.39 is 0 Å². The molecule has 0 amide bonds. The van der Waals surface area contributed by atoms with Crippen molar-refractivity contribution in [3.05, 3.63) is 34.9 Å². The molecule has 0 N–H and O–H groups in total. The highest BCUT2D eigenvalue weighted by molar-refractivity contribution is 8.03. The predicted octanol–water partition coefficient (Wildman–Crippen LogP) is 3.72. The van der Waals surface area contributed by atoms with E-state index in [2.05, 4.69) is 22.3 Å². The zero-order valence-corrected chi connectivity index (χ0v) is 13.5. The number of hydrogen-bond donors (Lipinski definition) is 0. The molecule has 2 aromatic rings. The molecule has 0 bridgehead atoms. The Labute approximate surface area is 130 Å². The summed E-state index contributed by atoms with van der Waals surface area (Å²) in [6.07, 6.45) is 5.45. The van der Waals surface area contributed by atoms with Gasteiger partial charge in [0.05, 0.1) is 5.75 Å². The summed E-state index contributed by atoms with van der Waals surface area (Å²) in [6, 6.07) is 6.14. The maximum Gasteiger partial charge on any atom is 0.175 e. The molecule has 1 aromatic carbocycles. The molecule has 6 heteroatoms. The zero-order valence-electron chi connectivity index (χ0n) is 11.1. The van der Waals surface area contributed by atoms with Gasteiger partial charge in [-0.25, -0.2) is 0 Å². The average Bonchev–Trinajstić information content (AvgIpc) is 3.12. The largest absolute Gasteiger partial charge is 0.293 e. The van der Waals surface area contributed by atoms with Crippen LogP contribution >= 0.6 is 34.9 Å². The lowest BCUT2D eigenvalue weighted by atomic mass is 10.0. The van der Waals surface area contributed by atoms with E-state index in [0.717, 1.165) is 27.1 Å². The van der Waals surface area contributed by atoms with Crippen LogP contribution in [0.1, 0.15) is 27.9 Å². The highest BCUT2D eigenvalue weighted by Gasteiger charge is 2.15. The summed E-state index contributed by atoms with van der Waals surface area (Å²) >= 11 is 4.60. The normalized spacial score (nSPS) is 13.4. The number of aromatic nitrogens is 2. The summed E-state index contributed by atoms with van der Waals surface area (Å²) in [4.78, 5) is 12.2. The first-order valence-corrected chi connectivity index (χ1v) is 9.44. The van der Waals surface area contributed by atoms with Crippen molar-refractivity contribution in [1.82, 2.24) is 10.2 Å². The molecule has 104 valence electrons. The van der Waals surface area contributed by atoms with Crippen molar-refractivity contribution in [2.75, 3.05) is 12.0 Å².